The first-order valence-corrected chi connectivity index (χ1v) is 11.2. The predicted molar refractivity (Wildman–Crippen MR) is 113 cm³/mol. The van der Waals surface area contributed by atoms with Crippen LogP contribution in [-0.2, 0) is 16.6 Å². The molecule has 0 radical (unpaired) electrons. The van der Waals surface area contributed by atoms with Crippen LogP contribution < -0.4 is 4.72 Å². The SMILES string of the molecule is CCCn1cnc2cc(-c3noc([C@@H](C)NS(=O)(=O)c4ccc(C)cc4)n3)ccc21. The molecule has 30 heavy (non-hydrogen) atoms. The lowest BCUT2D eigenvalue weighted by Crippen LogP contribution is -2.27. The molecule has 9 heteroatoms. The number of fused-ring (bicyclic) bond motifs is 1. The maximum Gasteiger partial charge on any atom is 0.244 e. The van der Waals surface area contributed by atoms with E-state index in [0.29, 0.717) is 5.82 Å². The van der Waals surface area contributed by atoms with Crippen molar-refractivity contribution in [3.05, 3.63) is 60.2 Å². The van der Waals surface area contributed by atoms with Crippen molar-refractivity contribution in [2.45, 2.75) is 44.7 Å². The van der Waals surface area contributed by atoms with E-state index in [2.05, 4.69) is 31.3 Å². The fraction of sp³-hybridized carbons (Fsp3) is 0.286. The number of nitrogens with zero attached hydrogens (tertiary/aromatic N) is 4. The highest BCUT2D eigenvalue weighted by Gasteiger charge is 2.23. The number of hydrogen-bond donors (Lipinski definition) is 1. The van der Waals surface area contributed by atoms with Crippen LogP contribution in [0.15, 0.2) is 58.2 Å². The summed E-state index contributed by atoms with van der Waals surface area (Å²) < 4.78 is 35.2. The number of hydrogen-bond acceptors (Lipinski definition) is 6. The van der Waals surface area contributed by atoms with E-state index in [-0.39, 0.29) is 10.8 Å². The zero-order valence-electron chi connectivity index (χ0n) is 17.0. The maximum absolute atomic E-state index is 12.6. The largest absolute Gasteiger partial charge is 0.337 e. The van der Waals surface area contributed by atoms with Crippen molar-refractivity contribution < 1.29 is 12.9 Å². The van der Waals surface area contributed by atoms with Crippen molar-refractivity contribution in [1.29, 1.82) is 0 Å². The van der Waals surface area contributed by atoms with Gasteiger partial charge in [-0.05, 0) is 50.6 Å². The third-order valence-corrected chi connectivity index (χ3v) is 6.38. The molecule has 4 rings (SSSR count). The molecule has 0 aliphatic heterocycles. The molecular weight excluding hydrogens is 402 g/mol. The highest BCUT2D eigenvalue weighted by Crippen LogP contribution is 2.24. The minimum Gasteiger partial charge on any atom is -0.337 e. The second-order valence-electron chi connectivity index (χ2n) is 7.25. The van der Waals surface area contributed by atoms with Gasteiger partial charge in [-0.3, -0.25) is 0 Å². The van der Waals surface area contributed by atoms with Crippen molar-refractivity contribution in [2.75, 3.05) is 0 Å². The van der Waals surface area contributed by atoms with Crippen LogP contribution in [0.2, 0.25) is 0 Å². The summed E-state index contributed by atoms with van der Waals surface area (Å²) in [5.74, 6) is 0.579. The maximum atomic E-state index is 12.6. The van der Waals surface area contributed by atoms with Crippen molar-refractivity contribution >= 4 is 21.1 Å². The van der Waals surface area contributed by atoms with Gasteiger partial charge in [0.1, 0.15) is 0 Å². The second kappa shape index (κ2) is 8.00. The molecule has 0 saturated carbocycles. The molecule has 156 valence electrons. The van der Waals surface area contributed by atoms with E-state index in [1.165, 1.54) is 0 Å². The number of imidazole rings is 1. The molecule has 0 fully saturated rings. The van der Waals surface area contributed by atoms with Crippen molar-refractivity contribution in [1.82, 2.24) is 24.4 Å². The summed E-state index contributed by atoms with van der Waals surface area (Å²) in [5, 5.41) is 4.02. The first-order valence-electron chi connectivity index (χ1n) is 9.75. The number of aromatic nitrogens is 4. The van der Waals surface area contributed by atoms with Gasteiger partial charge in [-0.25, -0.2) is 13.4 Å². The quantitative estimate of drug-likeness (QED) is 0.482. The lowest BCUT2D eigenvalue weighted by atomic mass is 10.2. The zero-order chi connectivity index (χ0) is 21.3. The monoisotopic (exact) mass is 425 g/mol. The lowest BCUT2D eigenvalue weighted by molar-refractivity contribution is 0.354. The Hall–Kier alpha value is -3.04. The van der Waals surface area contributed by atoms with Crippen molar-refractivity contribution in [3.8, 4) is 11.4 Å². The highest BCUT2D eigenvalue weighted by atomic mass is 32.2. The molecule has 0 unspecified atom stereocenters. The summed E-state index contributed by atoms with van der Waals surface area (Å²) >= 11 is 0. The van der Waals surface area contributed by atoms with Crippen LogP contribution in [-0.4, -0.2) is 28.1 Å². The zero-order valence-corrected chi connectivity index (χ0v) is 17.8. The molecule has 0 spiro atoms. The van der Waals surface area contributed by atoms with Gasteiger partial charge in [0.25, 0.3) is 0 Å². The summed E-state index contributed by atoms with van der Waals surface area (Å²) in [7, 11) is -3.70. The fourth-order valence-corrected chi connectivity index (χ4v) is 4.42. The number of rotatable bonds is 7. The first kappa shape index (κ1) is 20.2. The number of aryl methyl sites for hydroxylation is 2. The molecule has 0 saturated heterocycles. The van der Waals surface area contributed by atoms with Gasteiger partial charge in [-0.1, -0.05) is 29.8 Å². The number of nitrogens with one attached hydrogen (secondary N) is 1. The van der Waals surface area contributed by atoms with E-state index < -0.39 is 16.1 Å². The average molecular weight is 426 g/mol. The smallest absolute Gasteiger partial charge is 0.244 e. The van der Waals surface area contributed by atoms with E-state index in [1.807, 2.05) is 31.5 Å². The topological polar surface area (TPSA) is 103 Å². The normalized spacial score (nSPS) is 13.0. The summed E-state index contributed by atoms with van der Waals surface area (Å²) in [6.45, 7) is 6.59. The Morgan fingerprint density at radius 1 is 1.17 bits per heavy atom. The highest BCUT2D eigenvalue weighted by molar-refractivity contribution is 7.89. The van der Waals surface area contributed by atoms with Gasteiger partial charge in [0.15, 0.2) is 0 Å². The third-order valence-electron chi connectivity index (χ3n) is 4.82. The van der Waals surface area contributed by atoms with E-state index in [1.54, 1.807) is 31.2 Å². The van der Waals surface area contributed by atoms with Crippen LogP contribution in [0.3, 0.4) is 0 Å². The number of sulfonamides is 1. The van der Waals surface area contributed by atoms with Gasteiger partial charge in [0.2, 0.25) is 21.7 Å². The van der Waals surface area contributed by atoms with E-state index >= 15 is 0 Å². The minimum absolute atomic E-state index is 0.188. The van der Waals surface area contributed by atoms with Crippen LogP contribution in [0.1, 0.15) is 37.8 Å². The number of benzene rings is 2. The Labute approximate surface area is 175 Å². The fourth-order valence-electron chi connectivity index (χ4n) is 3.22. The van der Waals surface area contributed by atoms with E-state index in [4.69, 9.17) is 4.52 Å². The van der Waals surface area contributed by atoms with Crippen molar-refractivity contribution in [3.63, 3.8) is 0 Å². The summed E-state index contributed by atoms with van der Waals surface area (Å²) in [6, 6.07) is 11.7. The molecule has 0 amide bonds. The lowest BCUT2D eigenvalue weighted by Gasteiger charge is -2.10. The van der Waals surface area contributed by atoms with Crippen LogP contribution in [0.5, 0.6) is 0 Å². The molecule has 4 aromatic rings. The standard InChI is InChI=1S/C21H23N5O3S/c1-4-11-26-13-22-18-12-16(7-10-19(18)26)20-23-21(29-24-20)15(3)25-30(27,28)17-8-5-14(2)6-9-17/h5-10,12-13,15,25H,4,11H2,1-3H3/t15-/m1/s1. The Balaban J connectivity index is 1.54. The van der Waals surface area contributed by atoms with Crippen LogP contribution >= 0.6 is 0 Å². The minimum atomic E-state index is -3.70. The van der Waals surface area contributed by atoms with Gasteiger partial charge < -0.3 is 9.09 Å². The van der Waals surface area contributed by atoms with Crippen molar-refractivity contribution in [2.24, 2.45) is 0 Å². The van der Waals surface area contributed by atoms with Gasteiger partial charge >= 0.3 is 0 Å². The summed E-state index contributed by atoms with van der Waals surface area (Å²) in [5.41, 5.74) is 3.64. The van der Waals surface area contributed by atoms with Crippen LogP contribution in [0, 0.1) is 6.92 Å². The Bertz CT molecular complexity index is 1280. The van der Waals surface area contributed by atoms with Gasteiger partial charge in [-0.2, -0.15) is 9.71 Å². The molecule has 0 aliphatic carbocycles. The molecule has 2 heterocycles. The molecule has 0 bridgehead atoms. The third kappa shape index (κ3) is 3.99. The molecule has 2 aromatic heterocycles. The van der Waals surface area contributed by atoms with Gasteiger partial charge in [0, 0.05) is 12.1 Å². The Kier molecular flexibility index (Phi) is 5.40. The molecular formula is C21H23N5O3S. The predicted octanol–water partition coefficient (Wildman–Crippen LogP) is 3.84. The second-order valence-corrected chi connectivity index (χ2v) is 8.97. The average Bonchev–Trinajstić information content (AvgIpc) is 3.36. The molecule has 2 aromatic carbocycles. The molecule has 1 atom stereocenters. The van der Waals surface area contributed by atoms with Crippen LogP contribution in [0.25, 0.3) is 22.4 Å². The van der Waals surface area contributed by atoms with Crippen LogP contribution in [0.4, 0.5) is 0 Å². The summed E-state index contributed by atoms with van der Waals surface area (Å²) in [6.07, 6.45) is 2.85. The van der Waals surface area contributed by atoms with E-state index in [9.17, 15) is 8.42 Å². The molecule has 0 aliphatic rings. The Morgan fingerprint density at radius 3 is 2.67 bits per heavy atom. The Morgan fingerprint density at radius 2 is 1.93 bits per heavy atom. The van der Waals surface area contributed by atoms with Gasteiger partial charge in [0.05, 0.1) is 28.3 Å². The first-order chi connectivity index (χ1) is 14.4. The molecule has 8 nitrogen and oxygen atoms in total. The van der Waals surface area contributed by atoms with Gasteiger partial charge in [-0.15, -0.1) is 0 Å². The summed E-state index contributed by atoms with van der Waals surface area (Å²) in [4.78, 5) is 9.01. The van der Waals surface area contributed by atoms with E-state index in [0.717, 1.165) is 35.1 Å². The molecule has 1 N–H and O–H groups in total.